The second kappa shape index (κ2) is 4.47. The highest BCUT2D eigenvalue weighted by Gasteiger charge is 2.30. The number of methoxy groups -OCH3 is 1. The van der Waals surface area contributed by atoms with Crippen LogP contribution in [0.15, 0.2) is 0 Å². The van der Waals surface area contributed by atoms with Gasteiger partial charge in [-0.05, 0) is 31.3 Å². The second-order valence-electron chi connectivity index (χ2n) is 4.19. The van der Waals surface area contributed by atoms with Gasteiger partial charge in [0.1, 0.15) is 0 Å². The molecule has 0 amide bonds. The predicted molar refractivity (Wildman–Crippen MR) is 65.2 cm³/mol. The number of nitrogens with two attached hydrogens (primary N) is 1. The quantitative estimate of drug-likeness (QED) is 0.842. The molecule has 0 radical (unpaired) electrons. The number of hydrogen-bond donors (Lipinski definition) is 2. The molecule has 0 aromatic carbocycles. The topological polar surface area (TPSA) is 69.4 Å². The van der Waals surface area contributed by atoms with Gasteiger partial charge in [0.2, 0.25) is 0 Å². The molecule has 1 fully saturated rings. The van der Waals surface area contributed by atoms with Crippen molar-refractivity contribution in [2.24, 2.45) is 0 Å². The molecule has 0 bridgehead atoms. The lowest BCUT2D eigenvalue weighted by atomic mass is 10.0. The Balaban J connectivity index is 1.98. The van der Waals surface area contributed by atoms with Crippen LogP contribution >= 0.6 is 11.5 Å². The number of nitrogens with zero attached hydrogens (tertiary/aromatic N) is 1. The highest BCUT2D eigenvalue weighted by atomic mass is 32.1. The normalized spacial score (nSPS) is 24.6. The zero-order chi connectivity index (χ0) is 11.6. The molecule has 0 saturated carbocycles. The van der Waals surface area contributed by atoms with Crippen LogP contribution < -0.4 is 15.8 Å². The Hall–Kier alpha value is -1.01. The SMILES string of the molecule is COc1c(N)nsc1NCC1(C)CCCO1. The molecule has 3 N–H and O–H groups in total. The lowest BCUT2D eigenvalue weighted by Gasteiger charge is -2.23. The van der Waals surface area contributed by atoms with E-state index < -0.39 is 0 Å². The van der Waals surface area contributed by atoms with E-state index in [2.05, 4.69) is 16.6 Å². The van der Waals surface area contributed by atoms with Crippen molar-refractivity contribution in [3.63, 3.8) is 0 Å². The van der Waals surface area contributed by atoms with Crippen molar-refractivity contribution < 1.29 is 9.47 Å². The molecule has 5 nitrogen and oxygen atoms in total. The van der Waals surface area contributed by atoms with E-state index in [1.165, 1.54) is 11.5 Å². The maximum Gasteiger partial charge on any atom is 0.197 e. The molecular formula is C10H17N3O2S. The number of hydrogen-bond acceptors (Lipinski definition) is 6. The third-order valence-corrected chi connectivity index (χ3v) is 3.60. The van der Waals surface area contributed by atoms with E-state index in [1.54, 1.807) is 7.11 Å². The van der Waals surface area contributed by atoms with E-state index in [0.717, 1.165) is 31.0 Å². The molecule has 0 aliphatic carbocycles. The van der Waals surface area contributed by atoms with Crippen molar-refractivity contribution in [2.75, 3.05) is 31.3 Å². The van der Waals surface area contributed by atoms with Crippen LogP contribution in [0, 0.1) is 0 Å². The van der Waals surface area contributed by atoms with Crippen LogP contribution in [0.25, 0.3) is 0 Å². The van der Waals surface area contributed by atoms with Gasteiger partial charge in [-0.3, -0.25) is 0 Å². The van der Waals surface area contributed by atoms with E-state index in [9.17, 15) is 0 Å². The molecule has 2 heterocycles. The van der Waals surface area contributed by atoms with E-state index in [0.29, 0.717) is 11.6 Å². The van der Waals surface area contributed by atoms with Crippen molar-refractivity contribution >= 4 is 22.4 Å². The zero-order valence-electron chi connectivity index (χ0n) is 9.58. The molecular weight excluding hydrogens is 226 g/mol. The van der Waals surface area contributed by atoms with Crippen LogP contribution in [-0.2, 0) is 4.74 Å². The summed E-state index contributed by atoms with van der Waals surface area (Å²) in [7, 11) is 1.60. The van der Waals surface area contributed by atoms with Crippen molar-refractivity contribution in [1.29, 1.82) is 0 Å². The monoisotopic (exact) mass is 243 g/mol. The third kappa shape index (κ3) is 2.22. The summed E-state index contributed by atoms with van der Waals surface area (Å²) in [4.78, 5) is 0. The van der Waals surface area contributed by atoms with Gasteiger partial charge in [0.25, 0.3) is 0 Å². The van der Waals surface area contributed by atoms with Gasteiger partial charge in [-0.2, -0.15) is 4.37 Å². The van der Waals surface area contributed by atoms with Crippen LogP contribution in [0.5, 0.6) is 5.75 Å². The van der Waals surface area contributed by atoms with Crippen molar-refractivity contribution in [3.8, 4) is 5.75 Å². The lowest BCUT2D eigenvalue weighted by Crippen LogP contribution is -2.32. The fourth-order valence-corrected chi connectivity index (χ4v) is 2.53. The summed E-state index contributed by atoms with van der Waals surface area (Å²) in [5.41, 5.74) is 5.59. The Morgan fingerprint density at radius 3 is 3.12 bits per heavy atom. The van der Waals surface area contributed by atoms with Crippen LogP contribution in [0.4, 0.5) is 10.8 Å². The average Bonchev–Trinajstić information content (AvgIpc) is 2.83. The van der Waals surface area contributed by atoms with E-state index >= 15 is 0 Å². The molecule has 1 aromatic rings. The van der Waals surface area contributed by atoms with Gasteiger partial charge in [0.05, 0.1) is 12.7 Å². The fraction of sp³-hybridized carbons (Fsp3) is 0.700. The van der Waals surface area contributed by atoms with Gasteiger partial charge in [0.15, 0.2) is 16.6 Å². The Kier molecular flexibility index (Phi) is 3.20. The largest absolute Gasteiger partial charge is 0.490 e. The minimum Gasteiger partial charge on any atom is -0.490 e. The van der Waals surface area contributed by atoms with Gasteiger partial charge in [0, 0.05) is 13.2 Å². The minimum absolute atomic E-state index is 0.0796. The molecule has 1 aliphatic heterocycles. The van der Waals surface area contributed by atoms with Crippen LogP contribution in [0.2, 0.25) is 0 Å². The number of nitrogen functional groups attached to an aromatic ring is 1. The molecule has 90 valence electrons. The van der Waals surface area contributed by atoms with Crippen molar-refractivity contribution in [3.05, 3.63) is 0 Å². The number of aromatic nitrogens is 1. The molecule has 1 aromatic heterocycles. The van der Waals surface area contributed by atoms with Gasteiger partial charge in [-0.15, -0.1) is 0 Å². The number of anilines is 2. The maximum absolute atomic E-state index is 5.69. The number of nitrogens with one attached hydrogen (secondary N) is 1. The Morgan fingerprint density at radius 1 is 1.69 bits per heavy atom. The van der Waals surface area contributed by atoms with E-state index in [1.807, 2.05) is 0 Å². The second-order valence-corrected chi connectivity index (χ2v) is 4.96. The molecule has 16 heavy (non-hydrogen) atoms. The molecule has 6 heteroatoms. The Labute approximate surface area is 99.1 Å². The lowest BCUT2D eigenvalue weighted by molar-refractivity contribution is 0.0315. The first-order valence-electron chi connectivity index (χ1n) is 5.31. The number of ether oxygens (including phenoxy) is 2. The molecule has 2 rings (SSSR count). The first-order chi connectivity index (χ1) is 7.64. The third-order valence-electron chi connectivity index (χ3n) is 2.80. The summed E-state index contributed by atoms with van der Waals surface area (Å²) in [5.74, 6) is 1.07. The average molecular weight is 243 g/mol. The minimum atomic E-state index is -0.0796. The van der Waals surface area contributed by atoms with Gasteiger partial charge in [-0.1, -0.05) is 0 Å². The summed E-state index contributed by atoms with van der Waals surface area (Å²) < 4.78 is 14.9. The molecule has 1 atom stereocenters. The standard InChI is InChI=1S/C10H17N3O2S/c1-10(4-3-5-15-10)6-12-9-7(14-2)8(11)13-16-9/h12H,3-6H2,1-2H3,(H2,11,13). The van der Waals surface area contributed by atoms with Gasteiger partial charge < -0.3 is 20.5 Å². The highest BCUT2D eigenvalue weighted by molar-refractivity contribution is 7.11. The first kappa shape index (κ1) is 11.5. The Morgan fingerprint density at radius 2 is 2.50 bits per heavy atom. The van der Waals surface area contributed by atoms with Gasteiger partial charge >= 0.3 is 0 Å². The Bertz CT molecular complexity index is 361. The fourth-order valence-electron chi connectivity index (χ4n) is 1.85. The smallest absolute Gasteiger partial charge is 0.197 e. The van der Waals surface area contributed by atoms with E-state index in [4.69, 9.17) is 15.2 Å². The summed E-state index contributed by atoms with van der Waals surface area (Å²) >= 11 is 1.32. The maximum atomic E-state index is 5.69. The zero-order valence-corrected chi connectivity index (χ0v) is 10.4. The first-order valence-corrected chi connectivity index (χ1v) is 6.09. The summed E-state index contributed by atoms with van der Waals surface area (Å²) in [6, 6.07) is 0. The predicted octanol–water partition coefficient (Wildman–Crippen LogP) is 1.71. The molecule has 0 spiro atoms. The summed E-state index contributed by atoms with van der Waals surface area (Å²) in [6.07, 6.45) is 2.21. The summed E-state index contributed by atoms with van der Waals surface area (Å²) in [6.45, 7) is 3.72. The number of rotatable bonds is 4. The van der Waals surface area contributed by atoms with Crippen molar-refractivity contribution in [1.82, 2.24) is 4.37 Å². The van der Waals surface area contributed by atoms with Crippen LogP contribution in [-0.4, -0.2) is 30.2 Å². The van der Waals surface area contributed by atoms with Gasteiger partial charge in [-0.25, -0.2) is 0 Å². The molecule has 1 unspecified atom stereocenters. The van der Waals surface area contributed by atoms with Crippen LogP contribution in [0.3, 0.4) is 0 Å². The van der Waals surface area contributed by atoms with E-state index in [-0.39, 0.29) is 5.60 Å². The summed E-state index contributed by atoms with van der Waals surface area (Å²) in [5, 5.41) is 4.17. The molecule has 1 aliphatic rings. The van der Waals surface area contributed by atoms with Crippen LogP contribution in [0.1, 0.15) is 19.8 Å². The van der Waals surface area contributed by atoms with Crippen molar-refractivity contribution in [2.45, 2.75) is 25.4 Å². The molecule has 1 saturated heterocycles. The highest BCUT2D eigenvalue weighted by Crippen LogP contribution is 2.35.